The summed E-state index contributed by atoms with van der Waals surface area (Å²) in [5, 5.41) is 11.4. The minimum atomic E-state index is -0.885. The molecule has 6 nitrogen and oxygen atoms in total. The second-order valence-electron chi connectivity index (χ2n) is 7.20. The number of carboxylic acids is 1. The van der Waals surface area contributed by atoms with Crippen molar-refractivity contribution < 1.29 is 24.2 Å². The predicted octanol–water partition coefficient (Wildman–Crippen LogP) is 6.69. The average molecular weight is 656 g/mol. The summed E-state index contributed by atoms with van der Waals surface area (Å²) in [7, 11) is 1.38. The Kier molecular flexibility index (Phi) is 10.5. The zero-order valence-corrected chi connectivity index (χ0v) is 23.4. The van der Waals surface area contributed by atoms with Crippen LogP contribution in [0, 0.1) is 13.8 Å². The van der Waals surface area contributed by atoms with E-state index in [1.165, 1.54) is 7.11 Å². The third-order valence-electron chi connectivity index (χ3n) is 4.79. The molecule has 3 aromatic carbocycles. The smallest absolute Gasteiger partial charge is 0.338 e. The highest BCUT2D eigenvalue weighted by Gasteiger charge is 2.17. The quantitative estimate of drug-likeness (QED) is 0.300. The molecule has 3 aromatic rings. The van der Waals surface area contributed by atoms with Crippen molar-refractivity contribution in [3.63, 3.8) is 0 Å². The van der Waals surface area contributed by atoms with Gasteiger partial charge in [-0.15, -0.1) is 0 Å². The maximum atomic E-state index is 11.1. The molecule has 0 saturated heterocycles. The number of carbonyl (C=O) groups is 3. The number of aryl methyl sites for hydroxylation is 2. The van der Waals surface area contributed by atoms with Gasteiger partial charge in [0.15, 0.2) is 0 Å². The number of methoxy groups -OCH3 is 1. The molecule has 2 N–H and O–H groups in total. The number of nitrogens with one attached hydrogen (secondary N) is 1. The minimum Gasteiger partial charge on any atom is -0.478 e. The van der Waals surface area contributed by atoms with Gasteiger partial charge in [-0.25, -0.2) is 9.59 Å². The second kappa shape index (κ2) is 12.8. The number of esters is 1. The molecule has 0 aromatic heterocycles. The van der Waals surface area contributed by atoms with E-state index in [9.17, 15) is 14.4 Å². The lowest BCUT2D eigenvalue weighted by molar-refractivity contribution is 0.0598. The summed E-state index contributed by atoms with van der Waals surface area (Å²) < 4.78 is 7.24. The summed E-state index contributed by atoms with van der Waals surface area (Å²) in [4.78, 5) is 32.8. The molecule has 9 heteroatoms. The van der Waals surface area contributed by atoms with Crippen LogP contribution in [-0.4, -0.2) is 30.1 Å². The second-order valence-corrected chi connectivity index (χ2v) is 9.95. The fourth-order valence-electron chi connectivity index (χ4n) is 2.93. The zero-order valence-electron chi connectivity index (χ0n) is 18.6. The van der Waals surface area contributed by atoms with Crippen LogP contribution in [0.4, 0.5) is 0 Å². The van der Waals surface area contributed by atoms with Crippen LogP contribution in [0.1, 0.15) is 47.8 Å². The fraction of sp³-hybridized carbons (Fsp3) is 0.160. The first-order valence-corrected chi connectivity index (χ1v) is 12.3. The summed E-state index contributed by atoms with van der Waals surface area (Å²) >= 11 is 9.80. The number of carboxylic acid groups (broad SMARTS) is 1. The van der Waals surface area contributed by atoms with Crippen LogP contribution in [0.15, 0.2) is 68.0 Å². The maximum absolute atomic E-state index is 11.1. The third kappa shape index (κ3) is 7.78. The van der Waals surface area contributed by atoms with E-state index in [1.807, 2.05) is 43.3 Å². The highest BCUT2D eigenvalue weighted by Crippen LogP contribution is 2.20. The van der Waals surface area contributed by atoms with Gasteiger partial charge in [0, 0.05) is 25.5 Å². The summed E-state index contributed by atoms with van der Waals surface area (Å²) in [6, 6.07) is 16.4. The number of carbonyl (C=O) groups excluding carboxylic acids is 2. The molecule has 1 aliphatic heterocycles. The zero-order chi connectivity index (χ0) is 25.4. The van der Waals surface area contributed by atoms with E-state index in [-0.39, 0.29) is 11.9 Å². The number of rotatable bonds is 2. The van der Waals surface area contributed by atoms with E-state index in [1.54, 1.807) is 25.1 Å². The number of aromatic carboxylic acids is 1. The lowest BCUT2D eigenvalue weighted by Crippen LogP contribution is -2.12. The first-order chi connectivity index (χ1) is 16.0. The lowest BCUT2D eigenvalue weighted by Gasteiger charge is -2.03. The molecule has 0 atom stereocenters. The Bertz CT molecular complexity index is 1220. The molecule has 0 saturated carbocycles. The van der Waals surface area contributed by atoms with Crippen LogP contribution in [0.25, 0.3) is 0 Å². The molecule has 0 bridgehead atoms. The molecule has 0 aliphatic carbocycles. The van der Waals surface area contributed by atoms with E-state index < -0.39 is 5.97 Å². The van der Waals surface area contributed by atoms with E-state index in [0.29, 0.717) is 17.7 Å². The van der Waals surface area contributed by atoms with Gasteiger partial charge in [0.2, 0.25) is 0 Å². The minimum absolute atomic E-state index is 0.0290. The van der Waals surface area contributed by atoms with Gasteiger partial charge in [0.25, 0.3) is 5.91 Å². The fourth-order valence-corrected chi connectivity index (χ4v) is 4.02. The number of fused-ring (bicyclic) bond motifs is 1. The molecule has 0 fully saturated rings. The average Bonchev–Trinajstić information content (AvgIpc) is 3.17. The molecule has 34 heavy (non-hydrogen) atoms. The first-order valence-electron chi connectivity index (χ1n) is 9.94. The third-order valence-corrected chi connectivity index (χ3v) is 6.27. The summed E-state index contributed by atoms with van der Waals surface area (Å²) in [6.07, 6.45) is 0. The topological polar surface area (TPSA) is 92.7 Å². The van der Waals surface area contributed by atoms with E-state index in [2.05, 4.69) is 57.8 Å². The Morgan fingerprint density at radius 1 is 0.853 bits per heavy atom. The van der Waals surface area contributed by atoms with Crippen LogP contribution in [0.2, 0.25) is 0 Å². The maximum Gasteiger partial charge on any atom is 0.338 e. The Balaban J connectivity index is 0.000000180. The van der Waals surface area contributed by atoms with Crippen LogP contribution in [0.3, 0.4) is 0 Å². The molecule has 1 heterocycles. The van der Waals surface area contributed by atoms with Gasteiger partial charge in [-0.05, 0) is 66.9 Å². The highest BCUT2D eigenvalue weighted by atomic mass is 79.9. The summed E-state index contributed by atoms with van der Waals surface area (Å²) in [5.41, 5.74) is 4.52. The summed E-state index contributed by atoms with van der Waals surface area (Å²) in [6.45, 7) is 4.32. The normalized spacial score (nSPS) is 11.2. The predicted molar refractivity (Wildman–Crippen MR) is 141 cm³/mol. The molecule has 0 radical (unpaired) electrons. The Hall–Kier alpha value is -2.49. The van der Waals surface area contributed by atoms with Crippen LogP contribution in [-0.2, 0) is 11.3 Å². The van der Waals surface area contributed by atoms with Gasteiger partial charge in [-0.2, -0.15) is 0 Å². The standard InChI is InChI=1S/C9H9BrO2.C8H6BrNO.C8H7BrO2/c1-6-3-4-7(10)5-8(6)9(11)12-2;9-6-2-1-5-4-10-8(11)7(5)3-6;1-5-2-3-6(9)4-7(5)8(10)11/h3-5H,1-2H3;1-3H,4H2,(H,10,11);2-4H,1H3,(H,10,11). The van der Waals surface area contributed by atoms with Gasteiger partial charge >= 0.3 is 11.9 Å². The van der Waals surface area contributed by atoms with Gasteiger partial charge in [0.1, 0.15) is 0 Å². The highest BCUT2D eigenvalue weighted by molar-refractivity contribution is 9.11. The van der Waals surface area contributed by atoms with Gasteiger partial charge in [-0.3, -0.25) is 4.79 Å². The number of benzene rings is 3. The van der Waals surface area contributed by atoms with Crippen LogP contribution < -0.4 is 5.32 Å². The van der Waals surface area contributed by atoms with Crippen molar-refractivity contribution in [2.45, 2.75) is 20.4 Å². The summed E-state index contributed by atoms with van der Waals surface area (Å²) in [5.74, 6) is -1.15. The van der Waals surface area contributed by atoms with Crippen molar-refractivity contribution >= 4 is 65.6 Å². The van der Waals surface area contributed by atoms with Crippen LogP contribution in [0.5, 0.6) is 0 Å². The molecule has 1 amide bonds. The molecule has 178 valence electrons. The first kappa shape index (κ1) is 27.8. The molecular formula is C25H22Br3NO5. The molecule has 4 rings (SSSR count). The number of halogens is 3. The SMILES string of the molecule is COC(=O)c1cc(Br)ccc1C.Cc1ccc(Br)cc1C(=O)O.O=C1NCc2ccc(Br)cc21. The number of amides is 1. The van der Waals surface area contributed by atoms with Gasteiger partial charge in [-0.1, -0.05) is 66.0 Å². The van der Waals surface area contributed by atoms with E-state index in [4.69, 9.17) is 5.11 Å². The monoisotopic (exact) mass is 653 g/mol. The Labute approximate surface area is 223 Å². The molecule has 0 unspecified atom stereocenters. The van der Waals surface area contributed by atoms with E-state index >= 15 is 0 Å². The van der Waals surface area contributed by atoms with Crippen molar-refractivity contribution in [2.75, 3.05) is 7.11 Å². The van der Waals surface area contributed by atoms with Gasteiger partial charge < -0.3 is 15.2 Å². The van der Waals surface area contributed by atoms with Crippen molar-refractivity contribution in [1.29, 1.82) is 0 Å². The molecule has 0 spiro atoms. The number of ether oxygens (including phenoxy) is 1. The Morgan fingerprint density at radius 3 is 1.88 bits per heavy atom. The number of hydrogen-bond donors (Lipinski definition) is 2. The lowest BCUT2D eigenvalue weighted by atomic mass is 10.1. The van der Waals surface area contributed by atoms with Crippen molar-refractivity contribution in [1.82, 2.24) is 5.32 Å². The Morgan fingerprint density at radius 2 is 1.35 bits per heavy atom. The van der Waals surface area contributed by atoms with Crippen LogP contribution >= 0.6 is 47.8 Å². The van der Waals surface area contributed by atoms with Gasteiger partial charge in [0.05, 0.1) is 18.2 Å². The number of hydrogen-bond acceptors (Lipinski definition) is 4. The van der Waals surface area contributed by atoms with Crippen molar-refractivity contribution in [2.24, 2.45) is 0 Å². The van der Waals surface area contributed by atoms with Crippen molar-refractivity contribution in [3.05, 3.63) is 101 Å². The van der Waals surface area contributed by atoms with Crippen molar-refractivity contribution in [3.8, 4) is 0 Å². The van der Waals surface area contributed by atoms with E-state index in [0.717, 1.165) is 35.7 Å². The molecule has 1 aliphatic rings. The molecular weight excluding hydrogens is 634 g/mol. The largest absolute Gasteiger partial charge is 0.478 e.